The lowest BCUT2D eigenvalue weighted by Crippen LogP contribution is -2.20. The SMILES string of the molecule is CN1C=C[C@H]([C@@H](C#N)c2ccccc2)c2ccccc21. The second-order valence-corrected chi connectivity index (χ2v) is 5.05. The van der Waals surface area contributed by atoms with Crippen molar-refractivity contribution in [2.75, 3.05) is 11.9 Å². The van der Waals surface area contributed by atoms with Crippen molar-refractivity contribution in [1.29, 1.82) is 5.26 Å². The van der Waals surface area contributed by atoms with Crippen molar-refractivity contribution < 1.29 is 0 Å². The molecule has 0 unspecified atom stereocenters. The molecule has 98 valence electrons. The third-order valence-corrected chi connectivity index (χ3v) is 3.85. The van der Waals surface area contributed by atoms with E-state index in [0.29, 0.717) is 0 Å². The molecule has 2 nitrogen and oxygen atoms in total. The zero-order valence-electron chi connectivity index (χ0n) is 11.4. The van der Waals surface area contributed by atoms with Crippen LogP contribution in [-0.2, 0) is 0 Å². The van der Waals surface area contributed by atoms with Crippen LogP contribution in [0.3, 0.4) is 0 Å². The molecule has 2 aromatic carbocycles. The average Bonchev–Trinajstić information content (AvgIpc) is 2.52. The third kappa shape index (κ3) is 2.08. The molecule has 0 radical (unpaired) electrons. The van der Waals surface area contributed by atoms with Crippen LogP contribution in [0.15, 0.2) is 66.9 Å². The fraction of sp³-hybridized carbons (Fsp3) is 0.167. The number of fused-ring (bicyclic) bond motifs is 1. The Morgan fingerprint density at radius 2 is 1.75 bits per heavy atom. The number of benzene rings is 2. The quantitative estimate of drug-likeness (QED) is 0.814. The van der Waals surface area contributed by atoms with Gasteiger partial charge in [-0.3, -0.25) is 0 Å². The molecule has 0 saturated heterocycles. The minimum atomic E-state index is -0.151. The summed E-state index contributed by atoms with van der Waals surface area (Å²) in [7, 11) is 2.04. The molecule has 1 heterocycles. The second-order valence-electron chi connectivity index (χ2n) is 5.05. The smallest absolute Gasteiger partial charge is 0.0817 e. The molecule has 1 aliphatic rings. The van der Waals surface area contributed by atoms with Gasteiger partial charge in [-0.1, -0.05) is 54.6 Å². The molecule has 2 atom stereocenters. The molecule has 0 aliphatic carbocycles. The first-order valence-corrected chi connectivity index (χ1v) is 6.76. The Morgan fingerprint density at radius 1 is 1.05 bits per heavy atom. The van der Waals surface area contributed by atoms with E-state index in [2.05, 4.69) is 35.4 Å². The van der Waals surface area contributed by atoms with Gasteiger partial charge in [-0.15, -0.1) is 0 Å². The minimum absolute atomic E-state index is 0.106. The van der Waals surface area contributed by atoms with Crippen LogP contribution in [0.25, 0.3) is 0 Å². The standard InChI is InChI=1S/C18H16N2/c1-20-12-11-15(16-9-5-6-10-18(16)20)17(13-19)14-7-3-2-4-8-14/h2-12,15,17H,1H3/t15-,17-/m0/s1. The minimum Gasteiger partial charge on any atom is -0.351 e. The zero-order valence-corrected chi connectivity index (χ0v) is 11.4. The van der Waals surface area contributed by atoms with Crippen molar-refractivity contribution in [2.45, 2.75) is 11.8 Å². The summed E-state index contributed by atoms with van der Waals surface area (Å²) in [4.78, 5) is 2.10. The van der Waals surface area contributed by atoms with Crippen molar-refractivity contribution in [1.82, 2.24) is 0 Å². The molecule has 3 rings (SSSR count). The Bertz CT molecular complexity index is 667. The Kier molecular flexibility index (Phi) is 3.26. The lowest BCUT2D eigenvalue weighted by molar-refractivity contribution is 0.736. The maximum absolute atomic E-state index is 9.63. The summed E-state index contributed by atoms with van der Waals surface area (Å²) >= 11 is 0. The highest BCUT2D eigenvalue weighted by atomic mass is 15.1. The predicted molar refractivity (Wildman–Crippen MR) is 81.5 cm³/mol. The van der Waals surface area contributed by atoms with Gasteiger partial charge in [0.1, 0.15) is 0 Å². The topological polar surface area (TPSA) is 27.0 Å². The molecule has 0 N–H and O–H groups in total. The van der Waals surface area contributed by atoms with Crippen LogP contribution >= 0.6 is 0 Å². The first-order valence-electron chi connectivity index (χ1n) is 6.76. The summed E-state index contributed by atoms with van der Waals surface area (Å²) < 4.78 is 0. The van der Waals surface area contributed by atoms with Crippen molar-refractivity contribution >= 4 is 5.69 Å². The maximum atomic E-state index is 9.63. The molecule has 0 spiro atoms. The summed E-state index contributed by atoms with van der Waals surface area (Å²) in [6.07, 6.45) is 4.18. The van der Waals surface area contributed by atoms with Gasteiger partial charge in [0.2, 0.25) is 0 Å². The van der Waals surface area contributed by atoms with Crippen molar-refractivity contribution in [3.8, 4) is 6.07 Å². The van der Waals surface area contributed by atoms with Gasteiger partial charge in [0.15, 0.2) is 0 Å². The van der Waals surface area contributed by atoms with Crippen LogP contribution in [0.4, 0.5) is 5.69 Å². The first kappa shape index (κ1) is 12.5. The number of allylic oxidation sites excluding steroid dienone is 1. The number of rotatable bonds is 2. The zero-order chi connectivity index (χ0) is 13.9. The van der Waals surface area contributed by atoms with E-state index in [1.807, 2.05) is 49.5 Å². The molecule has 0 aromatic heterocycles. The van der Waals surface area contributed by atoms with Gasteiger partial charge in [-0.25, -0.2) is 0 Å². The third-order valence-electron chi connectivity index (χ3n) is 3.85. The highest BCUT2D eigenvalue weighted by molar-refractivity contribution is 5.61. The van der Waals surface area contributed by atoms with Crippen LogP contribution < -0.4 is 4.90 Å². The molecule has 0 saturated carbocycles. The summed E-state index contributed by atoms with van der Waals surface area (Å²) in [6, 6.07) is 20.8. The number of nitrogens with zero attached hydrogens (tertiary/aromatic N) is 2. The molecule has 0 fully saturated rings. The summed E-state index contributed by atoms with van der Waals surface area (Å²) in [5.74, 6) is -0.0444. The van der Waals surface area contributed by atoms with E-state index in [4.69, 9.17) is 0 Å². The number of hydrogen-bond acceptors (Lipinski definition) is 2. The van der Waals surface area contributed by atoms with Crippen LogP contribution in [0.2, 0.25) is 0 Å². The van der Waals surface area contributed by atoms with E-state index >= 15 is 0 Å². The Labute approximate surface area is 119 Å². The lowest BCUT2D eigenvalue weighted by Gasteiger charge is -2.30. The van der Waals surface area contributed by atoms with Crippen molar-refractivity contribution in [2.24, 2.45) is 0 Å². The van der Waals surface area contributed by atoms with Gasteiger partial charge in [-0.05, 0) is 17.2 Å². The van der Waals surface area contributed by atoms with Gasteiger partial charge in [0, 0.05) is 24.9 Å². The van der Waals surface area contributed by atoms with Crippen LogP contribution in [0.5, 0.6) is 0 Å². The van der Waals surface area contributed by atoms with Crippen molar-refractivity contribution in [3.63, 3.8) is 0 Å². The molecular formula is C18H16N2. The fourth-order valence-corrected chi connectivity index (χ4v) is 2.81. The van der Waals surface area contributed by atoms with E-state index in [0.717, 1.165) is 5.56 Å². The molecule has 1 aliphatic heterocycles. The number of nitriles is 1. The van der Waals surface area contributed by atoms with Gasteiger partial charge < -0.3 is 4.90 Å². The van der Waals surface area contributed by atoms with E-state index in [9.17, 15) is 5.26 Å². The van der Waals surface area contributed by atoms with Crippen LogP contribution in [-0.4, -0.2) is 7.05 Å². The van der Waals surface area contributed by atoms with E-state index in [1.165, 1.54) is 11.3 Å². The van der Waals surface area contributed by atoms with Gasteiger partial charge in [-0.2, -0.15) is 5.26 Å². The Balaban J connectivity index is 2.06. The summed E-state index contributed by atoms with van der Waals surface area (Å²) in [5.41, 5.74) is 3.47. The van der Waals surface area contributed by atoms with E-state index < -0.39 is 0 Å². The van der Waals surface area contributed by atoms with Gasteiger partial charge >= 0.3 is 0 Å². The Morgan fingerprint density at radius 3 is 2.50 bits per heavy atom. The van der Waals surface area contributed by atoms with Gasteiger partial charge in [0.05, 0.1) is 12.0 Å². The molecule has 2 aromatic rings. The highest BCUT2D eigenvalue weighted by Gasteiger charge is 2.27. The van der Waals surface area contributed by atoms with E-state index in [1.54, 1.807) is 0 Å². The second kappa shape index (κ2) is 5.22. The molecular weight excluding hydrogens is 244 g/mol. The summed E-state index contributed by atoms with van der Waals surface area (Å²) in [5, 5.41) is 9.63. The van der Waals surface area contributed by atoms with Crippen molar-refractivity contribution in [3.05, 3.63) is 78.0 Å². The highest BCUT2D eigenvalue weighted by Crippen LogP contribution is 2.40. The van der Waals surface area contributed by atoms with Crippen LogP contribution in [0, 0.1) is 11.3 Å². The fourth-order valence-electron chi connectivity index (χ4n) is 2.81. The lowest BCUT2D eigenvalue weighted by atomic mass is 9.80. The van der Waals surface area contributed by atoms with Crippen LogP contribution in [0.1, 0.15) is 23.0 Å². The summed E-state index contributed by atoms with van der Waals surface area (Å²) in [6.45, 7) is 0. The first-order chi connectivity index (χ1) is 9.81. The average molecular weight is 260 g/mol. The molecule has 0 amide bonds. The predicted octanol–water partition coefficient (Wildman–Crippen LogP) is 4.04. The largest absolute Gasteiger partial charge is 0.351 e. The van der Waals surface area contributed by atoms with E-state index in [-0.39, 0.29) is 11.8 Å². The number of hydrogen-bond donors (Lipinski definition) is 0. The Hall–Kier alpha value is -2.53. The number of para-hydroxylation sites is 1. The van der Waals surface area contributed by atoms with Gasteiger partial charge in [0.25, 0.3) is 0 Å². The maximum Gasteiger partial charge on any atom is 0.0817 e. The number of anilines is 1. The molecule has 20 heavy (non-hydrogen) atoms. The molecule has 0 bridgehead atoms. The normalized spacial score (nSPS) is 18.2. The molecule has 2 heteroatoms. The monoisotopic (exact) mass is 260 g/mol.